The Hall–Kier alpha value is -1.50. The van der Waals surface area contributed by atoms with Crippen LogP contribution in [0.3, 0.4) is 0 Å². The lowest BCUT2D eigenvalue weighted by Crippen LogP contribution is -2.01. The predicted molar refractivity (Wildman–Crippen MR) is 63.9 cm³/mol. The van der Waals surface area contributed by atoms with Crippen LogP contribution in [-0.2, 0) is 7.05 Å². The molecule has 2 aromatic rings. The highest BCUT2D eigenvalue weighted by atomic mass is 79.9. The Labute approximate surface area is 101 Å². The molecule has 6 nitrogen and oxygen atoms in total. The maximum atomic E-state index is 4.20. The number of aromatic nitrogens is 5. The van der Waals surface area contributed by atoms with Crippen LogP contribution in [0.25, 0.3) is 11.4 Å². The largest absolute Gasteiger partial charge is 0.370 e. The van der Waals surface area contributed by atoms with Gasteiger partial charge >= 0.3 is 0 Å². The summed E-state index contributed by atoms with van der Waals surface area (Å²) in [7, 11) is 1.82. The topological polar surface area (TPSA) is 68.5 Å². The monoisotopic (exact) mass is 282 g/mol. The zero-order valence-electron chi connectivity index (χ0n) is 8.98. The summed E-state index contributed by atoms with van der Waals surface area (Å²) in [5, 5.41) is 11.0. The van der Waals surface area contributed by atoms with Gasteiger partial charge in [0.15, 0.2) is 4.60 Å². The predicted octanol–water partition coefficient (Wildman–Crippen LogP) is 1.47. The van der Waals surface area contributed by atoms with Gasteiger partial charge in [0.2, 0.25) is 0 Å². The Morgan fingerprint density at radius 2 is 2.25 bits per heavy atom. The van der Waals surface area contributed by atoms with Gasteiger partial charge in [0.1, 0.15) is 17.8 Å². The lowest BCUT2D eigenvalue weighted by Gasteiger charge is -2.04. The van der Waals surface area contributed by atoms with E-state index in [-0.39, 0.29) is 0 Å². The number of nitrogens with zero attached hydrogens (tertiary/aromatic N) is 5. The maximum Gasteiger partial charge on any atom is 0.157 e. The average molecular weight is 283 g/mol. The second-order valence-electron chi connectivity index (χ2n) is 3.17. The zero-order valence-corrected chi connectivity index (χ0v) is 10.6. The standard InChI is InChI=1S/C9H11BrN6/c1-3-11-7-4-6(12-5-13-7)8-9(10)14-15-16(8)2/h4-5H,3H2,1-2H3,(H,11,12,13). The molecule has 2 aromatic heterocycles. The van der Waals surface area contributed by atoms with Gasteiger partial charge in [-0.05, 0) is 22.9 Å². The summed E-state index contributed by atoms with van der Waals surface area (Å²) in [6, 6.07) is 1.87. The molecule has 0 unspecified atom stereocenters. The minimum absolute atomic E-state index is 0.677. The maximum absolute atomic E-state index is 4.20. The molecule has 84 valence electrons. The molecule has 16 heavy (non-hydrogen) atoms. The highest BCUT2D eigenvalue weighted by Crippen LogP contribution is 2.24. The molecule has 7 heteroatoms. The Morgan fingerprint density at radius 3 is 2.88 bits per heavy atom. The SMILES string of the molecule is CCNc1cc(-c2c(Br)nnn2C)ncn1. The molecule has 0 atom stereocenters. The Kier molecular flexibility index (Phi) is 3.14. The fourth-order valence-electron chi connectivity index (χ4n) is 1.37. The molecule has 2 heterocycles. The molecule has 0 bridgehead atoms. The van der Waals surface area contributed by atoms with E-state index >= 15 is 0 Å². The van der Waals surface area contributed by atoms with E-state index in [9.17, 15) is 0 Å². The number of hydrogen-bond acceptors (Lipinski definition) is 5. The van der Waals surface area contributed by atoms with Crippen LogP contribution >= 0.6 is 15.9 Å². The van der Waals surface area contributed by atoms with Gasteiger partial charge in [-0.3, -0.25) is 0 Å². The van der Waals surface area contributed by atoms with Crippen LogP contribution in [0.2, 0.25) is 0 Å². The first-order valence-electron chi connectivity index (χ1n) is 4.84. The average Bonchev–Trinajstić information content (AvgIpc) is 2.59. The first kappa shape index (κ1) is 11.0. The fourth-order valence-corrected chi connectivity index (χ4v) is 1.90. The Balaban J connectivity index is 2.44. The highest BCUT2D eigenvalue weighted by molar-refractivity contribution is 9.10. The molecular formula is C9H11BrN6. The Bertz CT molecular complexity index is 475. The first-order valence-corrected chi connectivity index (χ1v) is 5.63. The molecule has 0 radical (unpaired) electrons. The Morgan fingerprint density at radius 1 is 1.44 bits per heavy atom. The molecule has 2 rings (SSSR count). The van der Waals surface area contributed by atoms with Gasteiger partial charge < -0.3 is 5.32 Å². The second-order valence-corrected chi connectivity index (χ2v) is 3.92. The van der Waals surface area contributed by atoms with Crippen molar-refractivity contribution in [2.24, 2.45) is 7.05 Å². The van der Waals surface area contributed by atoms with E-state index in [1.807, 2.05) is 20.0 Å². The normalized spacial score (nSPS) is 10.4. The third kappa shape index (κ3) is 2.04. The molecule has 0 amide bonds. The van der Waals surface area contributed by atoms with Crippen molar-refractivity contribution in [1.29, 1.82) is 0 Å². The van der Waals surface area contributed by atoms with E-state index in [2.05, 4.69) is 41.5 Å². The van der Waals surface area contributed by atoms with E-state index in [1.54, 1.807) is 4.68 Å². The number of halogens is 1. The van der Waals surface area contributed by atoms with Gasteiger partial charge in [0.25, 0.3) is 0 Å². The van der Waals surface area contributed by atoms with Crippen LogP contribution in [0.15, 0.2) is 17.0 Å². The van der Waals surface area contributed by atoms with Crippen LogP contribution in [0.1, 0.15) is 6.92 Å². The van der Waals surface area contributed by atoms with E-state index in [0.29, 0.717) is 4.60 Å². The van der Waals surface area contributed by atoms with Crippen molar-refractivity contribution in [3.8, 4) is 11.4 Å². The fraction of sp³-hybridized carbons (Fsp3) is 0.333. The van der Waals surface area contributed by atoms with E-state index in [1.165, 1.54) is 6.33 Å². The third-order valence-corrected chi connectivity index (χ3v) is 2.59. The van der Waals surface area contributed by atoms with E-state index in [0.717, 1.165) is 23.8 Å². The first-order chi connectivity index (χ1) is 7.72. The summed E-state index contributed by atoms with van der Waals surface area (Å²) < 4.78 is 2.35. The minimum Gasteiger partial charge on any atom is -0.370 e. The molecule has 1 N–H and O–H groups in total. The van der Waals surface area contributed by atoms with Crippen molar-refractivity contribution in [2.75, 3.05) is 11.9 Å². The lowest BCUT2D eigenvalue weighted by molar-refractivity contribution is 0.718. The summed E-state index contributed by atoms with van der Waals surface area (Å²) >= 11 is 3.34. The zero-order chi connectivity index (χ0) is 11.5. The van der Waals surface area contributed by atoms with Crippen LogP contribution in [0, 0.1) is 0 Å². The van der Waals surface area contributed by atoms with Crippen LogP contribution in [0.5, 0.6) is 0 Å². The summed E-state index contributed by atoms with van der Waals surface area (Å²) in [5.74, 6) is 0.792. The van der Waals surface area contributed by atoms with Crippen molar-refractivity contribution >= 4 is 21.7 Å². The van der Waals surface area contributed by atoms with E-state index < -0.39 is 0 Å². The van der Waals surface area contributed by atoms with Gasteiger partial charge in [-0.15, -0.1) is 5.10 Å². The van der Waals surface area contributed by atoms with Gasteiger partial charge in [-0.2, -0.15) is 0 Å². The quantitative estimate of drug-likeness (QED) is 0.923. The van der Waals surface area contributed by atoms with Gasteiger partial charge in [0, 0.05) is 19.7 Å². The van der Waals surface area contributed by atoms with Gasteiger partial charge in [-0.1, -0.05) is 5.21 Å². The number of rotatable bonds is 3. The van der Waals surface area contributed by atoms with Gasteiger partial charge in [-0.25, -0.2) is 14.6 Å². The minimum atomic E-state index is 0.677. The molecule has 0 fully saturated rings. The molecule has 0 saturated heterocycles. The lowest BCUT2D eigenvalue weighted by atomic mass is 10.3. The highest BCUT2D eigenvalue weighted by Gasteiger charge is 2.12. The summed E-state index contributed by atoms with van der Waals surface area (Å²) in [6.45, 7) is 2.84. The number of anilines is 1. The summed E-state index contributed by atoms with van der Waals surface area (Å²) in [4.78, 5) is 8.31. The van der Waals surface area contributed by atoms with Crippen molar-refractivity contribution in [1.82, 2.24) is 25.0 Å². The van der Waals surface area contributed by atoms with Crippen LogP contribution in [0.4, 0.5) is 5.82 Å². The number of nitrogens with one attached hydrogen (secondary N) is 1. The van der Waals surface area contributed by atoms with Crippen molar-refractivity contribution in [2.45, 2.75) is 6.92 Å². The van der Waals surface area contributed by atoms with Crippen LogP contribution in [-0.4, -0.2) is 31.5 Å². The molecule has 0 aromatic carbocycles. The molecule has 0 aliphatic rings. The second kappa shape index (κ2) is 4.56. The van der Waals surface area contributed by atoms with Crippen molar-refractivity contribution in [3.63, 3.8) is 0 Å². The van der Waals surface area contributed by atoms with Gasteiger partial charge in [0.05, 0.1) is 5.69 Å². The van der Waals surface area contributed by atoms with E-state index in [4.69, 9.17) is 0 Å². The molecule has 0 aliphatic heterocycles. The molecule has 0 aliphatic carbocycles. The smallest absolute Gasteiger partial charge is 0.157 e. The van der Waals surface area contributed by atoms with Crippen LogP contribution < -0.4 is 5.32 Å². The third-order valence-electron chi connectivity index (χ3n) is 2.05. The molecule has 0 saturated carbocycles. The number of hydrogen-bond donors (Lipinski definition) is 1. The molecule has 0 spiro atoms. The van der Waals surface area contributed by atoms with Crippen molar-refractivity contribution < 1.29 is 0 Å². The molecular weight excluding hydrogens is 272 g/mol. The van der Waals surface area contributed by atoms with Crippen molar-refractivity contribution in [3.05, 3.63) is 17.0 Å². The summed E-state index contributed by atoms with van der Waals surface area (Å²) in [5.41, 5.74) is 1.62. The summed E-state index contributed by atoms with van der Waals surface area (Å²) in [6.07, 6.45) is 1.52. The number of aryl methyl sites for hydroxylation is 1.